The maximum atomic E-state index is 12.1. The fourth-order valence-electron chi connectivity index (χ4n) is 2.26. The van der Waals surface area contributed by atoms with E-state index in [2.05, 4.69) is 11.7 Å². The standard InChI is InChI=1S/C19H14ClNO3/c1-2-11-23-17-6-4-3-5-14(17)12-16-18(21-24-19(16)22)13-7-9-15(20)10-8-13/h2-10,12H,1,11H2. The van der Waals surface area contributed by atoms with Crippen LogP contribution < -0.4 is 4.74 Å². The summed E-state index contributed by atoms with van der Waals surface area (Å²) < 4.78 is 5.62. The number of rotatable bonds is 5. The van der Waals surface area contributed by atoms with Crippen molar-refractivity contribution in [1.29, 1.82) is 0 Å². The van der Waals surface area contributed by atoms with Crippen LogP contribution in [0.25, 0.3) is 6.08 Å². The van der Waals surface area contributed by atoms with E-state index in [4.69, 9.17) is 21.2 Å². The van der Waals surface area contributed by atoms with E-state index in [1.807, 2.05) is 24.3 Å². The second-order valence-corrected chi connectivity index (χ2v) is 5.46. The van der Waals surface area contributed by atoms with Gasteiger partial charge in [0.15, 0.2) is 0 Å². The number of hydrogen-bond acceptors (Lipinski definition) is 4. The van der Waals surface area contributed by atoms with E-state index in [-0.39, 0.29) is 0 Å². The molecule has 2 aromatic rings. The van der Waals surface area contributed by atoms with Crippen LogP contribution in [-0.4, -0.2) is 18.3 Å². The second kappa shape index (κ2) is 7.15. The Morgan fingerprint density at radius 3 is 2.67 bits per heavy atom. The number of carbonyl (C=O) groups excluding carboxylic acids is 1. The van der Waals surface area contributed by atoms with Crippen LogP contribution in [0.5, 0.6) is 5.75 Å². The third-order valence-corrected chi connectivity index (χ3v) is 3.64. The normalized spacial score (nSPS) is 15.1. The first-order chi connectivity index (χ1) is 11.7. The monoisotopic (exact) mass is 339 g/mol. The number of halogens is 1. The number of ether oxygens (including phenoxy) is 1. The Kier molecular flexibility index (Phi) is 4.77. The minimum atomic E-state index is -0.501. The van der Waals surface area contributed by atoms with Crippen molar-refractivity contribution >= 4 is 29.4 Å². The van der Waals surface area contributed by atoms with Gasteiger partial charge in [0, 0.05) is 16.1 Å². The minimum Gasteiger partial charge on any atom is -0.489 e. The average Bonchev–Trinajstić information content (AvgIpc) is 2.96. The average molecular weight is 340 g/mol. The quantitative estimate of drug-likeness (QED) is 0.465. The molecule has 1 aliphatic heterocycles. The SMILES string of the molecule is C=CCOc1ccccc1C=C1C(=O)ON=C1c1ccc(Cl)cc1. The van der Waals surface area contributed by atoms with Gasteiger partial charge in [0.25, 0.3) is 0 Å². The molecule has 0 atom stereocenters. The van der Waals surface area contributed by atoms with Gasteiger partial charge in [-0.25, -0.2) is 4.79 Å². The summed E-state index contributed by atoms with van der Waals surface area (Å²) in [6, 6.07) is 14.5. The summed E-state index contributed by atoms with van der Waals surface area (Å²) in [5.41, 5.74) is 2.35. The summed E-state index contributed by atoms with van der Waals surface area (Å²) in [4.78, 5) is 16.9. The summed E-state index contributed by atoms with van der Waals surface area (Å²) in [6.45, 7) is 4.01. The van der Waals surface area contributed by atoms with E-state index >= 15 is 0 Å². The molecule has 0 saturated heterocycles. The third-order valence-electron chi connectivity index (χ3n) is 3.39. The van der Waals surface area contributed by atoms with Gasteiger partial charge in [-0.05, 0) is 24.3 Å². The summed E-state index contributed by atoms with van der Waals surface area (Å²) in [5.74, 6) is 0.151. The van der Waals surface area contributed by atoms with Gasteiger partial charge in [0.1, 0.15) is 18.1 Å². The van der Waals surface area contributed by atoms with Crippen LogP contribution >= 0.6 is 11.6 Å². The molecule has 2 aromatic carbocycles. The van der Waals surface area contributed by atoms with Crippen LogP contribution in [0.1, 0.15) is 11.1 Å². The largest absolute Gasteiger partial charge is 0.489 e. The molecule has 0 radical (unpaired) electrons. The lowest BCUT2D eigenvalue weighted by Gasteiger charge is -2.07. The van der Waals surface area contributed by atoms with Crippen molar-refractivity contribution < 1.29 is 14.4 Å². The van der Waals surface area contributed by atoms with Crippen molar-refractivity contribution in [3.63, 3.8) is 0 Å². The zero-order valence-corrected chi connectivity index (χ0v) is 13.5. The molecular weight excluding hydrogens is 326 g/mol. The van der Waals surface area contributed by atoms with Gasteiger partial charge in [0.2, 0.25) is 0 Å². The molecule has 0 fully saturated rings. The summed E-state index contributed by atoms with van der Waals surface area (Å²) in [5, 5.41) is 4.49. The highest BCUT2D eigenvalue weighted by Crippen LogP contribution is 2.26. The van der Waals surface area contributed by atoms with Crippen molar-refractivity contribution in [2.24, 2.45) is 5.16 Å². The van der Waals surface area contributed by atoms with Crippen LogP contribution in [0.4, 0.5) is 0 Å². The number of carbonyl (C=O) groups is 1. The van der Waals surface area contributed by atoms with Crippen LogP contribution in [-0.2, 0) is 9.63 Å². The molecule has 0 amide bonds. The second-order valence-electron chi connectivity index (χ2n) is 5.02. The zero-order chi connectivity index (χ0) is 16.9. The van der Waals surface area contributed by atoms with Gasteiger partial charge >= 0.3 is 5.97 Å². The number of benzene rings is 2. The molecule has 0 saturated carbocycles. The summed E-state index contributed by atoms with van der Waals surface area (Å²) in [6.07, 6.45) is 3.37. The molecule has 0 aliphatic carbocycles. The topological polar surface area (TPSA) is 47.9 Å². The van der Waals surface area contributed by atoms with E-state index in [1.54, 1.807) is 36.4 Å². The van der Waals surface area contributed by atoms with Gasteiger partial charge in [-0.3, -0.25) is 0 Å². The molecule has 3 rings (SSSR count). The molecule has 1 aliphatic rings. The molecule has 4 nitrogen and oxygen atoms in total. The Hall–Kier alpha value is -2.85. The van der Waals surface area contributed by atoms with Gasteiger partial charge in [-0.15, -0.1) is 0 Å². The highest BCUT2D eigenvalue weighted by atomic mass is 35.5. The molecule has 0 bridgehead atoms. The van der Waals surface area contributed by atoms with Crippen LogP contribution in [0.15, 0.2) is 71.9 Å². The molecule has 0 spiro atoms. The minimum absolute atomic E-state index is 0.368. The van der Waals surface area contributed by atoms with Crippen molar-refractivity contribution in [1.82, 2.24) is 0 Å². The number of oxime groups is 1. The van der Waals surface area contributed by atoms with Crippen LogP contribution in [0.2, 0.25) is 5.02 Å². The molecule has 0 N–H and O–H groups in total. The Morgan fingerprint density at radius 1 is 1.17 bits per heavy atom. The molecule has 5 heteroatoms. The van der Waals surface area contributed by atoms with E-state index in [0.29, 0.717) is 28.7 Å². The van der Waals surface area contributed by atoms with Gasteiger partial charge < -0.3 is 9.57 Å². The van der Waals surface area contributed by atoms with E-state index in [0.717, 1.165) is 11.1 Å². The number of para-hydroxylation sites is 1. The molecule has 0 aromatic heterocycles. The lowest BCUT2D eigenvalue weighted by Crippen LogP contribution is -2.07. The van der Waals surface area contributed by atoms with Crippen molar-refractivity contribution in [2.75, 3.05) is 6.61 Å². The predicted molar refractivity (Wildman–Crippen MR) is 94.2 cm³/mol. The molecule has 0 unspecified atom stereocenters. The van der Waals surface area contributed by atoms with Gasteiger partial charge in [-0.2, -0.15) is 0 Å². The fraction of sp³-hybridized carbons (Fsp3) is 0.0526. The predicted octanol–water partition coefficient (Wildman–Crippen LogP) is 4.25. The molecule has 120 valence electrons. The summed E-state index contributed by atoms with van der Waals surface area (Å²) in [7, 11) is 0. The zero-order valence-electron chi connectivity index (χ0n) is 12.7. The Labute approximate surface area is 144 Å². The Morgan fingerprint density at radius 2 is 1.92 bits per heavy atom. The van der Waals surface area contributed by atoms with Crippen LogP contribution in [0, 0.1) is 0 Å². The third kappa shape index (κ3) is 3.39. The lowest BCUT2D eigenvalue weighted by molar-refractivity contribution is -0.136. The first kappa shape index (κ1) is 16.0. The van der Waals surface area contributed by atoms with Crippen molar-refractivity contribution in [3.8, 4) is 5.75 Å². The number of nitrogens with zero attached hydrogens (tertiary/aromatic N) is 1. The molecule has 1 heterocycles. The summed E-state index contributed by atoms with van der Waals surface area (Å²) >= 11 is 5.91. The van der Waals surface area contributed by atoms with E-state index < -0.39 is 5.97 Å². The number of hydrogen-bond donors (Lipinski definition) is 0. The van der Waals surface area contributed by atoms with Crippen molar-refractivity contribution in [3.05, 3.63) is 82.9 Å². The first-order valence-electron chi connectivity index (χ1n) is 7.29. The van der Waals surface area contributed by atoms with Crippen molar-refractivity contribution in [2.45, 2.75) is 0 Å². The molecular formula is C19H14ClNO3. The van der Waals surface area contributed by atoms with Gasteiger partial charge in [0.05, 0.1) is 5.57 Å². The van der Waals surface area contributed by atoms with E-state index in [1.165, 1.54) is 0 Å². The van der Waals surface area contributed by atoms with Crippen LogP contribution in [0.3, 0.4) is 0 Å². The van der Waals surface area contributed by atoms with Gasteiger partial charge in [-0.1, -0.05) is 59.7 Å². The highest BCUT2D eigenvalue weighted by molar-refractivity contribution is 6.32. The first-order valence-corrected chi connectivity index (χ1v) is 7.67. The Balaban J connectivity index is 1.99. The maximum Gasteiger partial charge on any atom is 0.368 e. The maximum absolute atomic E-state index is 12.1. The highest BCUT2D eigenvalue weighted by Gasteiger charge is 2.27. The smallest absolute Gasteiger partial charge is 0.368 e. The lowest BCUT2D eigenvalue weighted by atomic mass is 10.0. The molecule has 24 heavy (non-hydrogen) atoms. The van der Waals surface area contributed by atoms with E-state index in [9.17, 15) is 4.79 Å². The fourth-order valence-corrected chi connectivity index (χ4v) is 2.39. The Bertz CT molecular complexity index is 838.